The fourth-order valence-corrected chi connectivity index (χ4v) is 2.50. The van der Waals surface area contributed by atoms with Crippen molar-refractivity contribution < 1.29 is 4.74 Å². The standard InChI is InChI=1S/C14H25N3O/c1-2-15-9-11-18-12-13-8-10-17(16-13)14-6-4-3-5-7-14/h8,10,14-15H,2-7,9,11-12H2,1H3. The molecular formula is C14H25N3O. The highest BCUT2D eigenvalue weighted by molar-refractivity contribution is 4.98. The maximum Gasteiger partial charge on any atom is 0.0907 e. The second kappa shape index (κ2) is 7.54. The van der Waals surface area contributed by atoms with Gasteiger partial charge in [-0.05, 0) is 25.5 Å². The van der Waals surface area contributed by atoms with Gasteiger partial charge in [-0.15, -0.1) is 0 Å². The first kappa shape index (κ1) is 13.6. The van der Waals surface area contributed by atoms with Gasteiger partial charge in [0.25, 0.3) is 0 Å². The third-order valence-corrected chi connectivity index (χ3v) is 3.54. The molecule has 0 saturated heterocycles. The molecule has 1 aromatic heterocycles. The lowest BCUT2D eigenvalue weighted by Gasteiger charge is -2.21. The molecule has 1 heterocycles. The summed E-state index contributed by atoms with van der Waals surface area (Å²) >= 11 is 0. The average Bonchev–Trinajstić information content (AvgIpc) is 2.88. The summed E-state index contributed by atoms with van der Waals surface area (Å²) in [7, 11) is 0. The highest BCUT2D eigenvalue weighted by Crippen LogP contribution is 2.27. The second-order valence-electron chi connectivity index (χ2n) is 4.99. The number of ether oxygens (including phenoxy) is 1. The van der Waals surface area contributed by atoms with Crippen LogP contribution in [-0.2, 0) is 11.3 Å². The minimum atomic E-state index is 0.620. The maximum absolute atomic E-state index is 5.58. The number of nitrogens with one attached hydrogen (secondary N) is 1. The van der Waals surface area contributed by atoms with Crippen molar-refractivity contribution in [3.63, 3.8) is 0 Å². The van der Waals surface area contributed by atoms with E-state index in [9.17, 15) is 0 Å². The molecule has 0 bridgehead atoms. The number of rotatable bonds is 7. The number of nitrogens with zero attached hydrogens (tertiary/aromatic N) is 2. The fourth-order valence-electron chi connectivity index (χ4n) is 2.50. The number of hydrogen-bond donors (Lipinski definition) is 1. The van der Waals surface area contributed by atoms with Gasteiger partial charge in [0.1, 0.15) is 0 Å². The van der Waals surface area contributed by atoms with E-state index < -0.39 is 0 Å². The smallest absolute Gasteiger partial charge is 0.0907 e. The van der Waals surface area contributed by atoms with Gasteiger partial charge in [-0.25, -0.2) is 0 Å². The zero-order valence-electron chi connectivity index (χ0n) is 11.4. The summed E-state index contributed by atoms with van der Waals surface area (Å²) in [6.07, 6.45) is 8.75. The van der Waals surface area contributed by atoms with Crippen LogP contribution in [0.5, 0.6) is 0 Å². The van der Waals surface area contributed by atoms with Crippen LogP contribution in [0.3, 0.4) is 0 Å². The van der Waals surface area contributed by atoms with Crippen molar-refractivity contribution in [3.05, 3.63) is 18.0 Å². The van der Waals surface area contributed by atoms with E-state index in [0.29, 0.717) is 12.6 Å². The molecule has 1 saturated carbocycles. The molecule has 4 heteroatoms. The van der Waals surface area contributed by atoms with E-state index in [2.05, 4.69) is 34.3 Å². The van der Waals surface area contributed by atoms with E-state index in [-0.39, 0.29) is 0 Å². The van der Waals surface area contributed by atoms with Gasteiger partial charge < -0.3 is 10.1 Å². The van der Waals surface area contributed by atoms with Crippen LogP contribution in [0.2, 0.25) is 0 Å². The van der Waals surface area contributed by atoms with Crippen molar-refractivity contribution in [2.75, 3.05) is 19.7 Å². The van der Waals surface area contributed by atoms with Crippen LogP contribution in [0, 0.1) is 0 Å². The van der Waals surface area contributed by atoms with Gasteiger partial charge in [0.05, 0.1) is 24.9 Å². The molecular weight excluding hydrogens is 226 g/mol. The molecule has 1 N–H and O–H groups in total. The third kappa shape index (κ3) is 4.10. The summed E-state index contributed by atoms with van der Waals surface area (Å²) in [6, 6.07) is 2.70. The largest absolute Gasteiger partial charge is 0.374 e. The Bertz CT molecular complexity index is 332. The second-order valence-corrected chi connectivity index (χ2v) is 4.99. The van der Waals surface area contributed by atoms with Gasteiger partial charge in [0.15, 0.2) is 0 Å². The SMILES string of the molecule is CCNCCOCc1ccn(C2CCCCC2)n1. The van der Waals surface area contributed by atoms with Crippen molar-refractivity contribution in [3.8, 4) is 0 Å². The monoisotopic (exact) mass is 251 g/mol. The first-order chi connectivity index (χ1) is 8.90. The van der Waals surface area contributed by atoms with Crippen molar-refractivity contribution >= 4 is 0 Å². The molecule has 0 aliphatic heterocycles. The van der Waals surface area contributed by atoms with E-state index in [1.807, 2.05) is 0 Å². The van der Waals surface area contributed by atoms with E-state index >= 15 is 0 Å². The van der Waals surface area contributed by atoms with E-state index in [0.717, 1.165) is 25.4 Å². The Morgan fingerprint density at radius 3 is 3.00 bits per heavy atom. The molecule has 1 aliphatic carbocycles. The fraction of sp³-hybridized carbons (Fsp3) is 0.786. The first-order valence-electron chi connectivity index (χ1n) is 7.22. The van der Waals surface area contributed by atoms with Crippen LogP contribution in [0.15, 0.2) is 12.3 Å². The Labute approximate surface area is 110 Å². The predicted octanol–water partition coefficient (Wildman–Crippen LogP) is 2.51. The van der Waals surface area contributed by atoms with Gasteiger partial charge in [-0.2, -0.15) is 5.10 Å². The summed E-state index contributed by atoms with van der Waals surface area (Å²) < 4.78 is 7.73. The Hall–Kier alpha value is -0.870. The first-order valence-corrected chi connectivity index (χ1v) is 7.22. The van der Waals surface area contributed by atoms with E-state index in [4.69, 9.17) is 4.74 Å². The molecule has 1 fully saturated rings. The van der Waals surface area contributed by atoms with Gasteiger partial charge in [-0.3, -0.25) is 4.68 Å². The molecule has 0 aromatic carbocycles. The minimum absolute atomic E-state index is 0.620. The summed E-state index contributed by atoms with van der Waals surface area (Å²) in [4.78, 5) is 0. The molecule has 0 spiro atoms. The molecule has 0 radical (unpaired) electrons. The van der Waals surface area contributed by atoms with Crippen molar-refractivity contribution in [1.29, 1.82) is 0 Å². The molecule has 0 atom stereocenters. The summed E-state index contributed by atoms with van der Waals surface area (Å²) in [5.74, 6) is 0. The van der Waals surface area contributed by atoms with Gasteiger partial charge in [0, 0.05) is 12.7 Å². The Morgan fingerprint density at radius 2 is 2.22 bits per heavy atom. The Kier molecular flexibility index (Phi) is 5.68. The van der Waals surface area contributed by atoms with Crippen LogP contribution in [0.4, 0.5) is 0 Å². The topological polar surface area (TPSA) is 39.1 Å². The lowest BCUT2D eigenvalue weighted by atomic mass is 9.96. The summed E-state index contributed by atoms with van der Waals surface area (Å²) in [5.41, 5.74) is 1.05. The predicted molar refractivity (Wildman–Crippen MR) is 72.5 cm³/mol. The molecule has 102 valence electrons. The van der Waals surface area contributed by atoms with Crippen molar-refractivity contribution in [1.82, 2.24) is 15.1 Å². The minimum Gasteiger partial charge on any atom is -0.374 e. The van der Waals surface area contributed by atoms with Gasteiger partial charge >= 0.3 is 0 Å². The number of hydrogen-bond acceptors (Lipinski definition) is 3. The van der Waals surface area contributed by atoms with E-state index in [1.54, 1.807) is 0 Å². The van der Waals surface area contributed by atoms with Crippen LogP contribution in [-0.4, -0.2) is 29.5 Å². The molecule has 0 amide bonds. The molecule has 18 heavy (non-hydrogen) atoms. The van der Waals surface area contributed by atoms with Crippen LogP contribution in [0.1, 0.15) is 50.8 Å². The van der Waals surface area contributed by atoms with Gasteiger partial charge in [0.2, 0.25) is 0 Å². The van der Waals surface area contributed by atoms with Crippen LogP contribution >= 0.6 is 0 Å². The zero-order chi connectivity index (χ0) is 12.6. The van der Waals surface area contributed by atoms with Crippen LogP contribution in [0.25, 0.3) is 0 Å². The maximum atomic E-state index is 5.58. The molecule has 1 aliphatic rings. The Morgan fingerprint density at radius 1 is 1.39 bits per heavy atom. The zero-order valence-corrected chi connectivity index (χ0v) is 11.4. The molecule has 4 nitrogen and oxygen atoms in total. The van der Waals surface area contributed by atoms with Crippen molar-refractivity contribution in [2.45, 2.75) is 51.7 Å². The highest BCUT2D eigenvalue weighted by atomic mass is 16.5. The number of aromatic nitrogens is 2. The summed E-state index contributed by atoms with van der Waals surface area (Å²) in [5, 5.41) is 7.86. The van der Waals surface area contributed by atoms with Crippen molar-refractivity contribution in [2.24, 2.45) is 0 Å². The molecule has 0 unspecified atom stereocenters. The van der Waals surface area contributed by atoms with Crippen LogP contribution < -0.4 is 5.32 Å². The molecule has 1 aromatic rings. The third-order valence-electron chi connectivity index (χ3n) is 3.54. The Balaban J connectivity index is 1.72. The quantitative estimate of drug-likeness (QED) is 0.757. The van der Waals surface area contributed by atoms with Gasteiger partial charge in [-0.1, -0.05) is 26.2 Å². The summed E-state index contributed by atoms with van der Waals surface area (Å²) in [6.45, 7) is 5.40. The molecule has 2 rings (SSSR count). The lowest BCUT2D eigenvalue weighted by Crippen LogP contribution is -2.19. The number of likely N-dealkylation sites (N-methyl/N-ethyl adjacent to an activating group) is 1. The highest BCUT2D eigenvalue weighted by Gasteiger charge is 2.15. The van der Waals surface area contributed by atoms with E-state index in [1.165, 1.54) is 32.1 Å². The average molecular weight is 251 g/mol. The normalized spacial score (nSPS) is 17.2. The lowest BCUT2D eigenvalue weighted by molar-refractivity contribution is 0.119.